The van der Waals surface area contributed by atoms with Crippen LogP contribution in [0.15, 0.2) is 12.3 Å². The molecule has 1 aliphatic rings. The molecule has 2 heterocycles. The maximum atomic E-state index is 12.0. The van der Waals surface area contributed by atoms with E-state index in [1.165, 1.54) is 12.8 Å². The van der Waals surface area contributed by atoms with E-state index in [4.69, 9.17) is 11.6 Å². The van der Waals surface area contributed by atoms with Gasteiger partial charge in [0.15, 0.2) is 0 Å². The predicted molar refractivity (Wildman–Crippen MR) is 78.3 cm³/mol. The first kappa shape index (κ1) is 15.1. The Balaban J connectivity index is 2.00. The van der Waals surface area contributed by atoms with Crippen molar-refractivity contribution in [1.82, 2.24) is 10.3 Å². The van der Waals surface area contributed by atoms with Gasteiger partial charge in [0.2, 0.25) is 0 Å². The summed E-state index contributed by atoms with van der Waals surface area (Å²) in [7, 11) is 0. The lowest BCUT2D eigenvalue weighted by molar-refractivity contribution is -0.385. The zero-order valence-corrected chi connectivity index (χ0v) is 12.2. The molecule has 6 nitrogen and oxygen atoms in total. The number of carbonyl (C=O) groups excluding carboxylic acids is 1. The van der Waals surface area contributed by atoms with Crippen LogP contribution < -0.4 is 5.32 Å². The molecule has 0 aliphatic carbocycles. The van der Waals surface area contributed by atoms with Gasteiger partial charge in [0, 0.05) is 17.9 Å². The molecule has 0 aromatic carbocycles. The number of aromatic nitrogens is 1. The highest BCUT2D eigenvalue weighted by atomic mass is 35.5. The Morgan fingerprint density at radius 1 is 1.60 bits per heavy atom. The molecule has 8 heteroatoms. The van der Waals surface area contributed by atoms with Gasteiger partial charge in [-0.2, -0.15) is 11.8 Å². The molecule has 20 heavy (non-hydrogen) atoms. The van der Waals surface area contributed by atoms with Gasteiger partial charge < -0.3 is 5.32 Å². The number of pyridine rings is 1. The number of carbonyl (C=O) groups is 1. The first-order chi connectivity index (χ1) is 9.58. The number of hydrogen-bond acceptors (Lipinski definition) is 5. The Kier molecular flexibility index (Phi) is 5.19. The standard InChI is InChI=1S/C12H14ClN3O3S/c13-11-10(5-8(6-14-11)16(18)19)12(17)15-7-9-3-1-2-4-20-9/h5-6,9H,1-4,7H2,(H,15,17). The van der Waals surface area contributed by atoms with Gasteiger partial charge in [-0.3, -0.25) is 14.9 Å². The molecular formula is C12H14ClN3O3S. The van der Waals surface area contributed by atoms with E-state index in [1.807, 2.05) is 11.8 Å². The number of rotatable bonds is 4. The van der Waals surface area contributed by atoms with Gasteiger partial charge in [-0.05, 0) is 18.6 Å². The van der Waals surface area contributed by atoms with Gasteiger partial charge in [-0.15, -0.1) is 0 Å². The Morgan fingerprint density at radius 2 is 2.40 bits per heavy atom. The van der Waals surface area contributed by atoms with E-state index in [-0.39, 0.29) is 16.4 Å². The minimum Gasteiger partial charge on any atom is -0.351 e. The van der Waals surface area contributed by atoms with Crippen LogP contribution in [-0.2, 0) is 0 Å². The van der Waals surface area contributed by atoms with E-state index in [0.717, 1.165) is 24.4 Å². The lowest BCUT2D eigenvalue weighted by Gasteiger charge is -2.21. The number of nitro groups is 1. The largest absolute Gasteiger partial charge is 0.351 e. The fourth-order valence-electron chi connectivity index (χ4n) is 1.97. The quantitative estimate of drug-likeness (QED) is 0.524. The van der Waals surface area contributed by atoms with E-state index in [1.54, 1.807) is 0 Å². The molecule has 1 aromatic heterocycles. The van der Waals surface area contributed by atoms with E-state index in [0.29, 0.717) is 11.8 Å². The molecule has 0 radical (unpaired) electrons. The Morgan fingerprint density at radius 3 is 3.05 bits per heavy atom. The van der Waals surface area contributed by atoms with Gasteiger partial charge >= 0.3 is 0 Å². The van der Waals surface area contributed by atoms with E-state index >= 15 is 0 Å². The van der Waals surface area contributed by atoms with Gasteiger partial charge in [0.25, 0.3) is 11.6 Å². The number of nitrogens with one attached hydrogen (secondary N) is 1. The highest BCUT2D eigenvalue weighted by Crippen LogP contribution is 2.24. The van der Waals surface area contributed by atoms with Crippen LogP contribution in [0.3, 0.4) is 0 Å². The number of thioether (sulfide) groups is 1. The average molecular weight is 316 g/mol. The van der Waals surface area contributed by atoms with E-state index < -0.39 is 10.8 Å². The van der Waals surface area contributed by atoms with Gasteiger partial charge in [0.1, 0.15) is 11.3 Å². The van der Waals surface area contributed by atoms with E-state index in [9.17, 15) is 14.9 Å². The SMILES string of the molecule is O=C(NCC1CCCCS1)c1cc([N+](=O)[O-])cnc1Cl. The predicted octanol–water partition coefficient (Wildman–Crippen LogP) is 2.66. The van der Waals surface area contributed by atoms with Crippen molar-refractivity contribution in [1.29, 1.82) is 0 Å². The summed E-state index contributed by atoms with van der Waals surface area (Å²) in [5.41, 5.74) is -0.201. The van der Waals surface area contributed by atoms with Crippen molar-refractivity contribution in [2.75, 3.05) is 12.3 Å². The zero-order valence-electron chi connectivity index (χ0n) is 10.7. The Bertz CT molecular complexity index is 521. The molecule has 1 atom stereocenters. The van der Waals surface area contributed by atoms with Crippen LogP contribution in [0.4, 0.5) is 5.69 Å². The number of hydrogen-bond donors (Lipinski definition) is 1. The molecule has 1 N–H and O–H groups in total. The van der Waals surface area contributed by atoms with E-state index in [2.05, 4.69) is 10.3 Å². The van der Waals surface area contributed by atoms with Crippen molar-refractivity contribution in [2.24, 2.45) is 0 Å². The van der Waals surface area contributed by atoms with Crippen molar-refractivity contribution in [3.63, 3.8) is 0 Å². The minimum atomic E-state index is -0.600. The summed E-state index contributed by atoms with van der Waals surface area (Å²) in [5, 5.41) is 13.8. The smallest absolute Gasteiger partial charge is 0.288 e. The monoisotopic (exact) mass is 315 g/mol. The second kappa shape index (κ2) is 6.90. The fourth-order valence-corrected chi connectivity index (χ4v) is 3.39. The molecule has 1 amide bonds. The first-order valence-corrected chi connectivity index (χ1v) is 7.70. The van der Waals surface area contributed by atoms with Crippen LogP contribution >= 0.6 is 23.4 Å². The third kappa shape index (κ3) is 3.83. The maximum Gasteiger partial charge on any atom is 0.288 e. The second-order valence-corrected chi connectivity index (χ2v) is 6.25. The van der Waals surface area contributed by atoms with Gasteiger partial charge in [0.05, 0.1) is 10.5 Å². The van der Waals surface area contributed by atoms with Crippen LogP contribution in [0.2, 0.25) is 5.15 Å². The fraction of sp³-hybridized carbons (Fsp3) is 0.500. The molecule has 0 spiro atoms. The summed E-state index contributed by atoms with van der Waals surface area (Å²) in [6.07, 6.45) is 4.50. The summed E-state index contributed by atoms with van der Waals surface area (Å²) in [6, 6.07) is 1.15. The Hall–Kier alpha value is -1.34. The van der Waals surface area contributed by atoms with Crippen LogP contribution in [0.5, 0.6) is 0 Å². The molecular weight excluding hydrogens is 302 g/mol. The lowest BCUT2D eigenvalue weighted by Crippen LogP contribution is -2.32. The molecule has 1 saturated heterocycles. The number of amides is 1. The van der Waals surface area contributed by atoms with Crippen molar-refractivity contribution in [3.8, 4) is 0 Å². The molecule has 1 aromatic rings. The Labute approximate surface area is 125 Å². The zero-order chi connectivity index (χ0) is 14.5. The maximum absolute atomic E-state index is 12.0. The molecule has 1 unspecified atom stereocenters. The normalized spacial score (nSPS) is 18.6. The third-order valence-electron chi connectivity index (χ3n) is 3.04. The highest BCUT2D eigenvalue weighted by molar-refractivity contribution is 7.99. The average Bonchev–Trinajstić information content (AvgIpc) is 2.46. The summed E-state index contributed by atoms with van der Waals surface area (Å²) < 4.78 is 0. The van der Waals surface area contributed by atoms with Crippen molar-refractivity contribution >= 4 is 35.0 Å². The minimum absolute atomic E-state index is 0.0237. The summed E-state index contributed by atoms with van der Waals surface area (Å²) in [5.74, 6) is 0.692. The summed E-state index contributed by atoms with van der Waals surface area (Å²) in [4.78, 5) is 25.8. The molecule has 108 valence electrons. The van der Waals surface area contributed by atoms with Crippen LogP contribution in [0.25, 0.3) is 0 Å². The molecule has 1 aliphatic heterocycles. The van der Waals surface area contributed by atoms with Crippen LogP contribution in [0.1, 0.15) is 29.6 Å². The molecule has 2 rings (SSSR count). The molecule has 0 saturated carbocycles. The van der Waals surface area contributed by atoms with Crippen molar-refractivity contribution < 1.29 is 9.72 Å². The summed E-state index contributed by atoms with van der Waals surface area (Å²) in [6.45, 7) is 0.544. The number of nitrogens with zero attached hydrogens (tertiary/aromatic N) is 2. The van der Waals surface area contributed by atoms with Gasteiger partial charge in [-0.1, -0.05) is 18.0 Å². The van der Waals surface area contributed by atoms with Crippen LogP contribution in [0, 0.1) is 10.1 Å². The summed E-state index contributed by atoms with van der Waals surface area (Å²) >= 11 is 7.66. The van der Waals surface area contributed by atoms with Crippen molar-refractivity contribution in [2.45, 2.75) is 24.5 Å². The molecule has 0 bridgehead atoms. The number of halogens is 1. The van der Waals surface area contributed by atoms with Crippen molar-refractivity contribution in [3.05, 3.63) is 33.1 Å². The topological polar surface area (TPSA) is 85.1 Å². The highest BCUT2D eigenvalue weighted by Gasteiger charge is 2.19. The third-order valence-corrected chi connectivity index (χ3v) is 4.74. The molecule has 1 fully saturated rings. The lowest BCUT2D eigenvalue weighted by atomic mass is 10.2. The first-order valence-electron chi connectivity index (χ1n) is 6.27. The second-order valence-electron chi connectivity index (χ2n) is 4.49. The van der Waals surface area contributed by atoms with Crippen LogP contribution in [-0.4, -0.2) is 33.4 Å². The van der Waals surface area contributed by atoms with Gasteiger partial charge in [-0.25, -0.2) is 4.98 Å².